The molecule has 5 nitrogen and oxygen atoms in total. The molecule has 0 aliphatic heterocycles. The Morgan fingerprint density at radius 2 is 1.87 bits per heavy atom. The van der Waals surface area contributed by atoms with E-state index in [1.54, 1.807) is 17.1 Å². The Balaban J connectivity index is 2.28. The molecule has 0 saturated heterocycles. The molecule has 2 heterocycles. The van der Waals surface area contributed by atoms with Gasteiger partial charge in [-0.25, -0.2) is 9.67 Å². The van der Waals surface area contributed by atoms with Crippen LogP contribution in [0.15, 0.2) is 30.7 Å². The van der Waals surface area contributed by atoms with Crippen LogP contribution >= 0.6 is 0 Å². The fourth-order valence-corrected chi connectivity index (χ4v) is 1.26. The summed E-state index contributed by atoms with van der Waals surface area (Å²) in [6.07, 6.45) is 5.35. The summed E-state index contributed by atoms with van der Waals surface area (Å²) in [5.41, 5.74) is 13.0. The predicted octanol–water partition coefficient (Wildman–Crippen LogP) is 0.185. The maximum atomic E-state index is 5.50. The normalized spacial score (nSPS) is 10.5. The molecule has 15 heavy (non-hydrogen) atoms. The summed E-state index contributed by atoms with van der Waals surface area (Å²) in [6, 6.07) is 3.82. The summed E-state index contributed by atoms with van der Waals surface area (Å²) >= 11 is 0. The third kappa shape index (κ3) is 2.03. The topological polar surface area (TPSA) is 82.8 Å². The number of nitrogens with zero attached hydrogens (tertiary/aromatic N) is 3. The molecule has 2 rings (SSSR count). The van der Waals surface area contributed by atoms with E-state index in [1.807, 2.05) is 18.3 Å². The number of pyridine rings is 1. The number of hydrogen-bond acceptors (Lipinski definition) is 4. The highest BCUT2D eigenvalue weighted by molar-refractivity contribution is 5.25. The van der Waals surface area contributed by atoms with E-state index in [9.17, 15) is 0 Å². The summed E-state index contributed by atoms with van der Waals surface area (Å²) < 4.78 is 1.70. The van der Waals surface area contributed by atoms with Gasteiger partial charge in [-0.1, -0.05) is 6.07 Å². The first kappa shape index (κ1) is 9.82. The van der Waals surface area contributed by atoms with Crippen molar-refractivity contribution in [2.24, 2.45) is 11.5 Å². The van der Waals surface area contributed by atoms with Crippen LogP contribution in [0, 0.1) is 0 Å². The molecule has 0 atom stereocenters. The van der Waals surface area contributed by atoms with Crippen LogP contribution in [0.25, 0.3) is 5.82 Å². The van der Waals surface area contributed by atoms with Gasteiger partial charge in [0, 0.05) is 31.0 Å². The van der Waals surface area contributed by atoms with Gasteiger partial charge in [0.05, 0.1) is 6.20 Å². The van der Waals surface area contributed by atoms with Crippen molar-refractivity contribution in [3.8, 4) is 5.82 Å². The maximum absolute atomic E-state index is 5.50. The maximum Gasteiger partial charge on any atom is 0.153 e. The zero-order valence-corrected chi connectivity index (χ0v) is 8.30. The lowest BCUT2D eigenvalue weighted by molar-refractivity contribution is 0.841. The lowest BCUT2D eigenvalue weighted by Gasteiger charge is -2.00. The molecular weight excluding hydrogens is 190 g/mol. The Hall–Kier alpha value is -1.72. The first-order valence-electron chi connectivity index (χ1n) is 4.72. The number of aromatic nitrogens is 3. The second kappa shape index (κ2) is 4.20. The summed E-state index contributed by atoms with van der Waals surface area (Å²) in [5.74, 6) is 0.770. The van der Waals surface area contributed by atoms with Crippen LogP contribution in [0.4, 0.5) is 0 Å². The molecule has 4 N–H and O–H groups in total. The van der Waals surface area contributed by atoms with Gasteiger partial charge in [-0.2, -0.15) is 5.10 Å². The van der Waals surface area contributed by atoms with Gasteiger partial charge in [0.2, 0.25) is 0 Å². The van der Waals surface area contributed by atoms with E-state index in [0.29, 0.717) is 13.1 Å². The van der Waals surface area contributed by atoms with Crippen LogP contribution in [0.2, 0.25) is 0 Å². The monoisotopic (exact) mass is 203 g/mol. The fourth-order valence-electron chi connectivity index (χ4n) is 1.26. The molecule has 0 unspecified atom stereocenters. The summed E-state index contributed by atoms with van der Waals surface area (Å²) in [4.78, 5) is 4.25. The number of hydrogen-bond donors (Lipinski definition) is 2. The molecule has 0 aliphatic carbocycles. The van der Waals surface area contributed by atoms with E-state index in [2.05, 4.69) is 10.1 Å². The first-order chi connectivity index (χ1) is 7.33. The summed E-state index contributed by atoms with van der Waals surface area (Å²) in [7, 11) is 0. The van der Waals surface area contributed by atoms with E-state index < -0.39 is 0 Å². The van der Waals surface area contributed by atoms with Gasteiger partial charge in [0.1, 0.15) is 0 Å². The van der Waals surface area contributed by atoms with Crippen molar-refractivity contribution < 1.29 is 0 Å². The van der Waals surface area contributed by atoms with E-state index in [-0.39, 0.29) is 0 Å². The van der Waals surface area contributed by atoms with E-state index in [4.69, 9.17) is 11.5 Å². The van der Waals surface area contributed by atoms with Gasteiger partial charge in [0.15, 0.2) is 5.82 Å². The highest BCUT2D eigenvalue weighted by Crippen LogP contribution is 2.06. The fraction of sp³-hybridized carbons (Fsp3) is 0.200. The van der Waals surface area contributed by atoms with E-state index in [1.165, 1.54) is 0 Å². The van der Waals surface area contributed by atoms with Crippen LogP contribution in [-0.2, 0) is 13.1 Å². The van der Waals surface area contributed by atoms with Crippen molar-refractivity contribution in [2.45, 2.75) is 13.1 Å². The zero-order valence-electron chi connectivity index (χ0n) is 8.30. The van der Waals surface area contributed by atoms with Crippen molar-refractivity contribution in [3.63, 3.8) is 0 Å². The lowest BCUT2D eigenvalue weighted by atomic mass is 10.3. The molecule has 2 aromatic rings. The highest BCUT2D eigenvalue weighted by atomic mass is 15.3. The largest absolute Gasteiger partial charge is 0.326 e. The molecule has 0 radical (unpaired) electrons. The highest BCUT2D eigenvalue weighted by Gasteiger charge is 2.00. The van der Waals surface area contributed by atoms with Gasteiger partial charge in [-0.15, -0.1) is 0 Å². The van der Waals surface area contributed by atoms with Crippen molar-refractivity contribution in [3.05, 3.63) is 41.9 Å². The Bertz CT molecular complexity index is 431. The lowest BCUT2D eigenvalue weighted by Crippen LogP contribution is -2.01. The van der Waals surface area contributed by atoms with Crippen molar-refractivity contribution >= 4 is 0 Å². The van der Waals surface area contributed by atoms with Crippen LogP contribution in [-0.4, -0.2) is 14.8 Å². The molecule has 0 amide bonds. The minimum Gasteiger partial charge on any atom is -0.326 e. The van der Waals surface area contributed by atoms with Crippen LogP contribution in [0.1, 0.15) is 11.1 Å². The van der Waals surface area contributed by atoms with Crippen LogP contribution < -0.4 is 11.5 Å². The third-order valence-electron chi connectivity index (χ3n) is 2.15. The van der Waals surface area contributed by atoms with E-state index in [0.717, 1.165) is 16.9 Å². The van der Waals surface area contributed by atoms with Crippen molar-refractivity contribution in [1.29, 1.82) is 0 Å². The minimum atomic E-state index is 0.487. The second-order valence-corrected chi connectivity index (χ2v) is 3.23. The van der Waals surface area contributed by atoms with Gasteiger partial charge < -0.3 is 11.5 Å². The van der Waals surface area contributed by atoms with Crippen molar-refractivity contribution in [2.75, 3.05) is 0 Å². The average molecular weight is 203 g/mol. The summed E-state index contributed by atoms with van der Waals surface area (Å²) in [5, 5.41) is 4.16. The minimum absolute atomic E-state index is 0.487. The molecular formula is C10H13N5. The third-order valence-corrected chi connectivity index (χ3v) is 2.15. The Kier molecular flexibility index (Phi) is 2.75. The first-order valence-corrected chi connectivity index (χ1v) is 4.72. The molecule has 0 saturated carbocycles. The quantitative estimate of drug-likeness (QED) is 0.745. The smallest absolute Gasteiger partial charge is 0.153 e. The van der Waals surface area contributed by atoms with Crippen LogP contribution in [0.5, 0.6) is 0 Å². The molecule has 0 spiro atoms. The standard InChI is InChI=1S/C10H13N5/c11-3-8-1-2-10(13-5-8)15-7-9(4-12)6-14-15/h1-2,5-7H,3-4,11-12H2. The van der Waals surface area contributed by atoms with Gasteiger partial charge in [-0.05, 0) is 11.6 Å². The number of nitrogens with two attached hydrogens (primary N) is 2. The summed E-state index contributed by atoms with van der Waals surface area (Å²) in [6.45, 7) is 0.987. The van der Waals surface area contributed by atoms with E-state index >= 15 is 0 Å². The Labute approximate surface area is 87.7 Å². The molecule has 0 fully saturated rings. The van der Waals surface area contributed by atoms with Crippen LogP contribution in [0.3, 0.4) is 0 Å². The SMILES string of the molecule is NCc1ccc(-n2cc(CN)cn2)nc1. The average Bonchev–Trinajstić information content (AvgIpc) is 2.78. The van der Waals surface area contributed by atoms with Gasteiger partial charge >= 0.3 is 0 Å². The van der Waals surface area contributed by atoms with Crippen molar-refractivity contribution in [1.82, 2.24) is 14.8 Å². The number of rotatable bonds is 3. The zero-order chi connectivity index (χ0) is 10.7. The second-order valence-electron chi connectivity index (χ2n) is 3.23. The molecule has 2 aromatic heterocycles. The van der Waals surface area contributed by atoms with Gasteiger partial charge in [-0.3, -0.25) is 0 Å². The van der Waals surface area contributed by atoms with Gasteiger partial charge in [0.25, 0.3) is 0 Å². The predicted molar refractivity (Wildman–Crippen MR) is 57.1 cm³/mol. The molecule has 78 valence electrons. The Morgan fingerprint density at radius 3 is 2.40 bits per heavy atom. The molecule has 0 aromatic carbocycles. The molecule has 5 heteroatoms. The molecule has 0 aliphatic rings. The Morgan fingerprint density at radius 1 is 1.07 bits per heavy atom. The molecule has 0 bridgehead atoms.